The molecule has 2 rings (SSSR count). The van der Waals surface area contributed by atoms with Gasteiger partial charge in [0.25, 0.3) is 0 Å². The largest absolute Gasteiger partial charge is 0.360 e. The van der Waals surface area contributed by atoms with E-state index in [0.717, 1.165) is 10.9 Å². The van der Waals surface area contributed by atoms with Crippen LogP contribution in [0, 0.1) is 4.64 Å². The summed E-state index contributed by atoms with van der Waals surface area (Å²) < 4.78 is 0.679. The molecule has 0 fully saturated rings. The Labute approximate surface area is 62.1 Å². The third-order valence-electron chi connectivity index (χ3n) is 1.38. The van der Waals surface area contributed by atoms with Crippen LogP contribution >= 0.6 is 12.2 Å². The summed E-state index contributed by atoms with van der Waals surface area (Å²) in [5, 5.41) is 7.55. The van der Waals surface area contributed by atoms with E-state index in [4.69, 9.17) is 12.2 Å². The van der Waals surface area contributed by atoms with Gasteiger partial charge in [0.15, 0.2) is 0 Å². The first-order chi connectivity index (χ1) is 4.88. The summed E-state index contributed by atoms with van der Waals surface area (Å²) in [5.74, 6) is 0. The van der Waals surface area contributed by atoms with Crippen molar-refractivity contribution in [3.8, 4) is 0 Å². The van der Waals surface area contributed by atoms with Gasteiger partial charge in [0, 0.05) is 11.6 Å². The molecule has 0 bridgehead atoms. The summed E-state index contributed by atoms with van der Waals surface area (Å²) in [6.07, 6.45) is 3.56. The quantitative estimate of drug-likeness (QED) is 0.562. The van der Waals surface area contributed by atoms with E-state index >= 15 is 0 Å². The molecule has 2 aromatic heterocycles. The number of nitrogens with zero attached hydrogens (tertiary/aromatic N) is 1. The van der Waals surface area contributed by atoms with Gasteiger partial charge in [0.1, 0.15) is 4.64 Å². The van der Waals surface area contributed by atoms with Crippen molar-refractivity contribution >= 4 is 23.1 Å². The minimum Gasteiger partial charge on any atom is -0.360 e. The predicted molar refractivity (Wildman–Crippen MR) is 41.3 cm³/mol. The standard InChI is InChI=1S/C6H5N3S/c10-6-4-1-2-7-5(4)3-8-9-6/h1-3,7H,(H,9,10). The van der Waals surface area contributed by atoms with Crippen LogP contribution in [0.5, 0.6) is 0 Å². The second-order valence-electron chi connectivity index (χ2n) is 2.00. The molecular weight excluding hydrogens is 146 g/mol. The normalized spacial score (nSPS) is 10.4. The van der Waals surface area contributed by atoms with Crippen LogP contribution < -0.4 is 0 Å². The molecule has 2 heterocycles. The van der Waals surface area contributed by atoms with Crippen molar-refractivity contribution in [1.82, 2.24) is 15.2 Å². The Morgan fingerprint density at radius 1 is 1.50 bits per heavy atom. The second-order valence-corrected chi connectivity index (χ2v) is 2.41. The van der Waals surface area contributed by atoms with Gasteiger partial charge in [-0.25, -0.2) is 0 Å². The fraction of sp³-hybridized carbons (Fsp3) is 0. The monoisotopic (exact) mass is 151 g/mol. The van der Waals surface area contributed by atoms with Gasteiger partial charge in [0.05, 0.1) is 11.7 Å². The lowest BCUT2D eigenvalue weighted by Crippen LogP contribution is -1.79. The van der Waals surface area contributed by atoms with Crippen molar-refractivity contribution in [3.63, 3.8) is 0 Å². The fourth-order valence-electron chi connectivity index (χ4n) is 0.903. The summed E-state index contributed by atoms with van der Waals surface area (Å²) >= 11 is 4.97. The van der Waals surface area contributed by atoms with Crippen LogP contribution in [-0.2, 0) is 0 Å². The Hall–Kier alpha value is -1.16. The molecule has 0 atom stereocenters. The lowest BCUT2D eigenvalue weighted by Gasteiger charge is -1.85. The molecule has 2 N–H and O–H groups in total. The average Bonchev–Trinajstić information content (AvgIpc) is 2.36. The Morgan fingerprint density at radius 3 is 3.20 bits per heavy atom. The van der Waals surface area contributed by atoms with Crippen LogP contribution in [0.15, 0.2) is 18.5 Å². The van der Waals surface area contributed by atoms with E-state index in [-0.39, 0.29) is 0 Å². The van der Waals surface area contributed by atoms with E-state index < -0.39 is 0 Å². The first-order valence-electron chi connectivity index (χ1n) is 2.89. The molecule has 0 saturated carbocycles. The maximum atomic E-state index is 4.97. The predicted octanol–water partition coefficient (Wildman–Crippen LogP) is 1.62. The molecule has 50 valence electrons. The van der Waals surface area contributed by atoms with Gasteiger partial charge >= 0.3 is 0 Å². The number of hydrogen-bond acceptors (Lipinski definition) is 2. The van der Waals surface area contributed by atoms with Crippen molar-refractivity contribution in [1.29, 1.82) is 0 Å². The van der Waals surface area contributed by atoms with Gasteiger partial charge in [-0.3, -0.25) is 5.10 Å². The molecule has 0 aliphatic heterocycles. The van der Waals surface area contributed by atoms with E-state index in [2.05, 4.69) is 15.2 Å². The van der Waals surface area contributed by atoms with E-state index in [1.165, 1.54) is 0 Å². The van der Waals surface area contributed by atoms with Crippen LogP contribution in [0.3, 0.4) is 0 Å². The molecule has 0 amide bonds. The zero-order valence-electron chi connectivity index (χ0n) is 5.09. The number of H-pyrrole nitrogens is 2. The maximum absolute atomic E-state index is 4.97. The van der Waals surface area contributed by atoms with Crippen LogP contribution in [-0.4, -0.2) is 15.2 Å². The SMILES string of the molecule is S=c1[nH]ncc2[nH]ccc12. The van der Waals surface area contributed by atoms with Crippen LogP contribution in [0.2, 0.25) is 0 Å². The highest BCUT2D eigenvalue weighted by Gasteiger charge is 1.92. The summed E-state index contributed by atoms with van der Waals surface area (Å²) in [6.45, 7) is 0. The highest BCUT2D eigenvalue weighted by molar-refractivity contribution is 7.71. The molecular formula is C6H5N3S. The number of aromatic nitrogens is 3. The lowest BCUT2D eigenvalue weighted by molar-refractivity contribution is 1.03. The topological polar surface area (TPSA) is 44.5 Å². The van der Waals surface area contributed by atoms with Crippen LogP contribution in [0.25, 0.3) is 10.9 Å². The van der Waals surface area contributed by atoms with E-state index in [1.54, 1.807) is 6.20 Å². The highest BCUT2D eigenvalue weighted by Crippen LogP contribution is 2.08. The smallest absolute Gasteiger partial charge is 0.129 e. The fourth-order valence-corrected chi connectivity index (χ4v) is 1.13. The number of aromatic amines is 2. The average molecular weight is 151 g/mol. The van der Waals surface area contributed by atoms with Crippen LogP contribution in [0.1, 0.15) is 0 Å². The van der Waals surface area contributed by atoms with Gasteiger partial charge in [0.2, 0.25) is 0 Å². The van der Waals surface area contributed by atoms with Crippen molar-refractivity contribution in [2.75, 3.05) is 0 Å². The number of hydrogen-bond donors (Lipinski definition) is 2. The van der Waals surface area contributed by atoms with Crippen molar-refractivity contribution in [3.05, 3.63) is 23.1 Å². The van der Waals surface area contributed by atoms with Crippen molar-refractivity contribution in [2.45, 2.75) is 0 Å². The van der Waals surface area contributed by atoms with Crippen molar-refractivity contribution in [2.24, 2.45) is 0 Å². The Bertz CT molecular complexity index is 400. The van der Waals surface area contributed by atoms with E-state index in [0.29, 0.717) is 4.64 Å². The second kappa shape index (κ2) is 1.91. The van der Waals surface area contributed by atoms with Gasteiger partial charge in [-0.15, -0.1) is 0 Å². The third kappa shape index (κ3) is 0.657. The number of nitrogens with one attached hydrogen (secondary N) is 2. The Balaban J connectivity index is 3.09. The molecule has 0 radical (unpaired) electrons. The van der Waals surface area contributed by atoms with E-state index in [9.17, 15) is 0 Å². The molecule has 2 aromatic rings. The molecule has 10 heavy (non-hydrogen) atoms. The molecule has 0 aromatic carbocycles. The zero-order chi connectivity index (χ0) is 6.97. The van der Waals surface area contributed by atoms with Gasteiger partial charge < -0.3 is 4.98 Å². The molecule has 3 nitrogen and oxygen atoms in total. The number of fused-ring (bicyclic) bond motifs is 1. The summed E-state index contributed by atoms with van der Waals surface area (Å²) in [6, 6.07) is 1.93. The molecule has 0 aliphatic rings. The first kappa shape index (κ1) is 5.61. The minimum atomic E-state index is 0.679. The molecule has 0 unspecified atom stereocenters. The lowest BCUT2D eigenvalue weighted by atomic mass is 10.4. The zero-order valence-corrected chi connectivity index (χ0v) is 5.90. The summed E-state index contributed by atoms with van der Waals surface area (Å²) in [5.41, 5.74) is 0.976. The maximum Gasteiger partial charge on any atom is 0.129 e. The van der Waals surface area contributed by atoms with E-state index in [1.807, 2.05) is 12.3 Å². The Kier molecular flexibility index (Phi) is 1.07. The van der Waals surface area contributed by atoms with Crippen LogP contribution in [0.4, 0.5) is 0 Å². The van der Waals surface area contributed by atoms with Crippen molar-refractivity contribution < 1.29 is 0 Å². The Morgan fingerprint density at radius 2 is 2.40 bits per heavy atom. The molecule has 0 spiro atoms. The van der Waals surface area contributed by atoms with Gasteiger partial charge in [-0.2, -0.15) is 5.10 Å². The highest BCUT2D eigenvalue weighted by atomic mass is 32.1. The molecule has 4 heteroatoms. The van der Waals surface area contributed by atoms with Gasteiger partial charge in [-0.05, 0) is 6.07 Å². The molecule has 0 saturated heterocycles. The van der Waals surface area contributed by atoms with Gasteiger partial charge in [-0.1, -0.05) is 12.2 Å². The first-order valence-corrected chi connectivity index (χ1v) is 3.29. The summed E-state index contributed by atoms with van der Waals surface area (Å²) in [7, 11) is 0. The summed E-state index contributed by atoms with van der Waals surface area (Å²) in [4.78, 5) is 3.01. The number of rotatable bonds is 0. The minimum absolute atomic E-state index is 0.679. The third-order valence-corrected chi connectivity index (χ3v) is 1.69. The molecule has 0 aliphatic carbocycles.